The molecule has 4 heteroatoms. The maximum Gasteiger partial charge on any atom is 0.185 e. The van der Waals surface area contributed by atoms with Crippen molar-refractivity contribution in [3.05, 3.63) is 11.1 Å². The van der Waals surface area contributed by atoms with Gasteiger partial charge in [0.1, 0.15) is 0 Å². The zero-order valence-electron chi connectivity index (χ0n) is 9.83. The van der Waals surface area contributed by atoms with Crippen LogP contribution in [-0.2, 0) is 5.88 Å². The number of anilines is 1. The molecule has 1 unspecified atom stereocenters. The Kier molecular flexibility index (Phi) is 4.87. The molecule has 0 saturated heterocycles. The van der Waals surface area contributed by atoms with Crippen LogP contribution >= 0.6 is 22.9 Å². The predicted molar refractivity (Wildman–Crippen MR) is 69.0 cm³/mol. The van der Waals surface area contributed by atoms with Crippen LogP contribution in [0.3, 0.4) is 0 Å². The number of thiazole rings is 1. The molecule has 0 aliphatic rings. The van der Waals surface area contributed by atoms with Gasteiger partial charge in [-0.3, -0.25) is 0 Å². The molecular formula is C11H19ClN2S. The summed E-state index contributed by atoms with van der Waals surface area (Å²) < 4.78 is 0. The van der Waals surface area contributed by atoms with Gasteiger partial charge in [-0.25, -0.2) is 4.98 Å². The second-order valence-electron chi connectivity index (χ2n) is 4.34. The third kappa shape index (κ3) is 3.65. The van der Waals surface area contributed by atoms with Gasteiger partial charge in [0, 0.05) is 18.5 Å². The highest BCUT2D eigenvalue weighted by Crippen LogP contribution is 2.23. The molecule has 15 heavy (non-hydrogen) atoms. The van der Waals surface area contributed by atoms with E-state index < -0.39 is 0 Å². The third-order valence-corrected chi connectivity index (χ3v) is 3.71. The van der Waals surface area contributed by atoms with Crippen LogP contribution in [0.1, 0.15) is 32.9 Å². The van der Waals surface area contributed by atoms with Crippen molar-refractivity contribution in [2.75, 3.05) is 11.9 Å². The van der Waals surface area contributed by atoms with Crippen LogP contribution in [0.15, 0.2) is 5.38 Å². The highest BCUT2D eigenvalue weighted by atomic mass is 35.5. The Morgan fingerprint density at radius 1 is 1.47 bits per heavy atom. The van der Waals surface area contributed by atoms with Gasteiger partial charge in [-0.2, -0.15) is 0 Å². The van der Waals surface area contributed by atoms with E-state index in [1.807, 2.05) is 5.38 Å². The number of hydrogen-bond donors (Lipinski definition) is 0. The van der Waals surface area contributed by atoms with Gasteiger partial charge in [-0.15, -0.1) is 22.9 Å². The second kappa shape index (κ2) is 5.71. The Labute approximate surface area is 101 Å². The van der Waals surface area contributed by atoms with Gasteiger partial charge in [-0.1, -0.05) is 13.8 Å². The summed E-state index contributed by atoms with van der Waals surface area (Å²) >= 11 is 7.40. The van der Waals surface area contributed by atoms with Crippen molar-refractivity contribution in [1.82, 2.24) is 4.98 Å². The van der Waals surface area contributed by atoms with Crippen molar-refractivity contribution in [3.8, 4) is 0 Å². The molecule has 0 N–H and O–H groups in total. The lowest BCUT2D eigenvalue weighted by Gasteiger charge is -2.25. The summed E-state index contributed by atoms with van der Waals surface area (Å²) in [6.07, 6.45) is 1.19. The molecule has 0 fully saturated rings. The van der Waals surface area contributed by atoms with Gasteiger partial charge < -0.3 is 4.90 Å². The van der Waals surface area contributed by atoms with Crippen molar-refractivity contribution in [2.24, 2.45) is 5.92 Å². The van der Waals surface area contributed by atoms with E-state index >= 15 is 0 Å². The first-order valence-electron chi connectivity index (χ1n) is 5.27. The Balaban J connectivity index is 2.62. The first-order chi connectivity index (χ1) is 7.04. The summed E-state index contributed by atoms with van der Waals surface area (Å²) in [7, 11) is 2.10. The molecule has 1 heterocycles. The highest BCUT2D eigenvalue weighted by molar-refractivity contribution is 7.13. The number of halogens is 1. The molecule has 2 nitrogen and oxygen atoms in total. The Bertz CT molecular complexity index is 299. The lowest BCUT2D eigenvalue weighted by Crippen LogP contribution is -2.29. The molecule has 0 spiro atoms. The Morgan fingerprint density at radius 2 is 2.13 bits per heavy atom. The van der Waals surface area contributed by atoms with E-state index in [1.165, 1.54) is 6.42 Å². The molecular weight excluding hydrogens is 228 g/mol. The molecule has 0 saturated carbocycles. The Morgan fingerprint density at radius 3 is 2.60 bits per heavy atom. The molecule has 1 rings (SSSR count). The summed E-state index contributed by atoms with van der Waals surface area (Å²) in [6, 6.07) is 0.527. The molecule has 0 aliphatic carbocycles. The lowest BCUT2D eigenvalue weighted by molar-refractivity contribution is 0.503. The summed E-state index contributed by atoms with van der Waals surface area (Å²) in [5.41, 5.74) is 0.972. The number of hydrogen-bond acceptors (Lipinski definition) is 3. The van der Waals surface area contributed by atoms with E-state index in [-0.39, 0.29) is 0 Å². The fourth-order valence-electron chi connectivity index (χ4n) is 1.55. The maximum atomic E-state index is 5.73. The van der Waals surface area contributed by atoms with Crippen molar-refractivity contribution < 1.29 is 0 Å². The molecule has 0 amide bonds. The van der Waals surface area contributed by atoms with Crippen LogP contribution in [0, 0.1) is 5.92 Å². The molecule has 0 radical (unpaired) electrons. The topological polar surface area (TPSA) is 16.1 Å². The molecule has 1 aromatic rings. The van der Waals surface area contributed by atoms with Crippen molar-refractivity contribution in [3.63, 3.8) is 0 Å². The zero-order valence-corrected chi connectivity index (χ0v) is 11.4. The fraction of sp³-hybridized carbons (Fsp3) is 0.727. The average molecular weight is 247 g/mol. The van der Waals surface area contributed by atoms with Crippen molar-refractivity contribution in [2.45, 2.75) is 39.1 Å². The van der Waals surface area contributed by atoms with Crippen LogP contribution < -0.4 is 4.90 Å². The van der Waals surface area contributed by atoms with Gasteiger partial charge in [0.15, 0.2) is 5.13 Å². The highest BCUT2D eigenvalue weighted by Gasteiger charge is 2.14. The van der Waals surface area contributed by atoms with E-state index in [0.717, 1.165) is 16.7 Å². The summed E-state index contributed by atoms with van der Waals surface area (Å²) in [6.45, 7) is 6.73. The molecule has 1 atom stereocenters. The SMILES string of the molecule is CC(C)CC(C)N(C)c1nc(CCl)cs1. The van der Waals surface area contributed by atoms with Crippen LogP contribution in [0.4, 0.5) is 5.13 Å². The van der Waals surface area contributed by atoms with Gasteiger partial charge in [-0.05, 0) is 19.3 Å². The van der Waals surface area contributed by atoms with E-state index in [9.17, 15) is 0 Å². The quantitative estimate of drug-likeness (QED) is 0.736. The standard InChI is InChI=1S/C11H19ClN2S/c1-8(2)5-9(3)14(4)11-13-10(6-12)7-15-11/h7-9H,5-6H2,1-4H3. The third-order valence-electron chi connectivity index (χ3n) is 2.45. The van der Waals surface area contributed by atoms with E-state index in [4.69, 9.17) is 11.6 Å². The largest absolute Gasteiger partial charge is 0.348 e. The molecule has 0 aromatic carbocycles. The lowest BCUT2D eigenvalue weighted by atomic mass is 10.0. The zero-order chi connectivity index (χ0) is 11.4. The van der Waals surface area contributed by atoms with Crippen LogP contribution in [-0.4, -0.2) is 18.1 Å². The van der Waals surface area contributed by atoms with Gasteiger partial charge in [0.2, 0.25) is 0 Å². The van der Waals surface area contributed by atoms with Crippen LogP contribution in [0.2, 0.25) is 0 Å². The van der Waals surface area contributed by atoms with Crippen LogP contribution in [0.5, 0.6) is 0 Å². The van der Waals surface area contributed by atoms with E-state index in [2.05, 4.69) is 37.7 Å². The molecule has 86 valence electrons. The molecule has 0 bridgehead atoms. The fourth-order valence-corrected chi connectivity index (χ4v) is 2.67. The van der Waals surface area contributed by atoms with E-state index in [0.29, 0.717) is 11.9 Å². The number of rotatable bonds is 5. The van der Waals surface area contributed by atoms with Crippen LogP contribution in [0.25, 0.3) is 0 Å². The smallest absolute Gasteiger partial charge is 0.185 e. The average Bonchev–Trinajstić information content (AvgIpc) is 2.63. The predicted octanol–water partition coefficient (Wildman–Crippen LogP) is 3.75. The van der Waals surface area contributed by atoms with E-state index in [1.54, 1.807) is 11.3 Å². The summed E-state index contributed by atoms with van der Waals surface area (Å²) in [5, 5.41) is 3.10. The second-order valence-corrected chi connectivity index (χ2v) is 5.45. The minimum Gasteiger partial charge on any atom is -0.348 e. The Hall–Kier alpha value is -0.280. The molecule has 1 aromatic heterocycles. The first-order valence-corrected chi connectivity index (χ1v) is 6.69. The van der Waals surface area contributed by atoms with Gasteiger partial charge in [0.05, 0.1) is 11.6 Å². The minimum absolute atomic E-state index is 0.503. The maximum absolute atomic E-state index is 5.73. The van der Waals surface area contributed by atoms with Gasteiger partial charge in [0.25, 0.3) is 0 Å². The monoisotopic (exact) mass is 246 g/mol. The van der Waals surface area contributed by atoms with Crippen molar-refractivity contribution in [1.29, 1.82) is 0 Å². The van der Waals surface area contributed by atoms with Gasteiger partial charge >= 0.3 is 0 Å². The number of aromatic nitrogens is 1. The molecule has 0 aliphatic heterocycles. The van der Waals surface area contributed by atoms with Crippen molar-refractivity contribution >= 4 is 28.1 Å². The number of nitrogens with zero attached hydrogens (tertiary/aromatic N) is 2. The summed E-state index contributed by atoms with van der Waals surface area (Å²) in [5.74, 6) is 1.22. The normalized spacial score (nSPS) is 13.2. The first kappa shape index (κ1) is 12.8. The number of alkyl halides is 1. The summed E-state index contributed by atoms with van der Waals surface area (Å²) in [4.78, 5) is 6.71. The minimum atomic E-state index is 0.503.